The van der Waals surface area contributed by atoms with Gasteiger partial charge in [-0.3, -0.25) is 4.90 Å². The number of carboxylic acid groups (broad SMARTS) is 1. The fourth-order valence-electron chi connectivity index (χ4n) is 5.40. The molecule has 3 aliphatic rings. The maximum atomic E-state index is 15.0. The number of piperazine rings is 1. The molecule has 1 aromatic carbocycles. The van der Waals surface area contributed by atoms with Crippen molar-refractivity contribution in [3.63, 3.8) is 0 Å². The van der Waals surface area contributed by atoms with Crippen molar-refractivity contribution >= 4 is 38.7 Å². The van der Waals surface area contributed by atoms with E-state index in [-0.39, 0.29) is 23.6 Å². The molecular weight excluding hydrogens is 481 g/mol. The topological polar surface area (TPSA) is 82.0 Å². The van der Waals surface area contributed by atoms with Gasteiger partial charge in [0.05, 0.1) is 23.2 Å². The summed E-state index contributed by atoms with van der Waals surface area (Å²) in [6, 6.07) is 3.93. The van der Waals surface area contributed by atoms with E-state index >= 15 is 0 Å². The number of hydrogen-bond donors (Lipinski definition) is 1. The average Bonchev–Trinajstić information content (AvgIpc) is 2.99. The predicted octanol–water partition coefficient (Wildman–Crippen LogP) is 3.58. The Kier molecular flexibility index (Phi) is 5.61. The summed E-state index contributed by atoms with van der Waals surface area (Å²) >= 11 is 3.25. The number of carbonyl (C=O) groups is 1. The first kappa shape index (κ1) is 21.6. The van der Waals surface area contributed by atoms with Crippen LogP contribution in [0.4, 0.5) is 15.0 Å². The highest BCUT2D eigenvalue weighted by Crippen LogP contribution is 2.37. The van der Waals surface area contributed by atoms with Gasteiger partial charge in [0, 0.05) is 30.4 Å². The summed E-state index contributed by atoms with van der Waals surface area (Å²) in [7, 11) is 4.14. The predicted molar refractivity (Wildman–Crippen MR) is 122 cm³/mol. The van der Waals surface area contributed by atoms with Crippen LogP contribution in [0.2, 0.25) is 0 Å². The molecule has 2 aliphatic heterocycles. The number of fused-ring (bicyclic) bond motifs is 3. The van der Waals surface area contributed by atoms with Crippen molar-refractivity contribution in [3.05, 3.63) is 22.4 Å². The van der Waals surface area contributed by atoms with Crippen LogP contribution in [-0.4, -0.2) is 82.9 Å². The maximum Gasteiger partial charge on any atom is 0.407 e. The number of benzene rings is 1. The zero-order valence-electron chi connectivity index (χ0n) is 18.2. The van der Waals surface area contributed by atoms with E-state index in [0.717, 1.165) is 25.7 Å². The Hall–Kier alpha value is -2.20. The zero-order valence-corrected chi connectivity index (χ0v) is 19.8. The molecule has 2 saturated heterocycles. The summed E-state index contributed by atoms with van der Waals surface area (Å²) in [5, 5.41) is 10.2. The summed E-state index contributed by atoms with van der Waals surface area (Å²) in [6.45, 7) is 1.54. The molecule has 1 saturated carbocycles. The quantitative estimate of drug-likeness (QED) is 0.661. The molecule has 3 fully saturated rings. The molecule has 2 unspecified atom stereocenters. The highest BCUT2D eigenvalue weighted by atomic mass is 79.9. The Morgan fingerprint density at radius 2 is 1.94 bits per heavy atom. The molecular formula is C22H27BrFN5O3. The van der Waals surface area contributed by atoms with Crippen LogP contribution in [0, 0.1) is 11.7 Å². The zero-order chi connectivity index (χ0) is 22.6. The van der Waals surface area contributed by atoms with Crippen LogP contribution in [-0.2, 0) is 0 Å². The Bertz CT molecular complexity index is 1040. The molecule has 1 aliphatic carbocycles. The van der Waals surface area contributed by atoms with Crippen LogP contribution in [0.15, 0.2) is 16.6 Å². The lowest BCUT2D eigenvalue weighted by Gasteiger charge is -2.41. The molecule has 0 radical (unpaired) electrons. The highest BCUT2D eigenvalue weighted by Gasteiger charge is 2.43. The lowest BCUT2D eigenvalue weighted by atomic mass is 9.79. The van der Waals surface area contributed by atoms with E-state index < -0.39 is 11.9 Å². The summed E-state index contributed by atoms with van der Waals surface area (Å²) < 4.78 is 21.3. The van der Waals surface area contributed by atoms with Gasteiger partial charge in [-0.2, -0.15) is 9.97 Å². The van der Waals surface area contributed by atoms with Crippen molar-refractivity contribution in [2.75, 3.05) is 38.7 Å². The summed E-state index contributed by atoms with van der Waals surface area (Å²) in [4.78, 5) is 26.6. The molecule has 1 N–H and O–H groups in total. The molecule has 8 nitrogen and oxygen atoms in total. The second-order valence-corrected chi connectivity index (χ2v) is 10.1. The van der Waals surface area contributed by atoms with Gasteiger partial charge in [0.25, 0.3) is 0 Å². The van der Waals surface area contributed by atoms with Gasteiger partial charge >= 0.3 is 12.1 Å². The number of anilines is 1. The van der Waals surface area contributed by atoms with Crippen LogP contribution < -0.4 is 9.64 Å². The lowest BCUT2D eigenvalue weighted by Crippen LogP contribution is -2.55. The first-order valence-electron chi connectivity index (χ1n) is 11.0. The largest absolute Gasteiger partial charge is 0.465 e. The highest BCUT2D eigenvalue weighted by molar-refractivity contribution is 9.10. The molecule has 5 rings (SSSR count). The van der Waals surface area contributed by atoms with Crippen LogP contribution in [0.3, 0.4) is 0 Å². The maximum absolute atomic E-state index is 15.0. The van der Waals surface area contributed by atoms with Crippen LogP contribution in [0.1, 0.15) is 25.7 Å². The summed E-state index contributed by atoms with van der Waals surface area (Å²) in [5.41, 5.74) is 0.213. The summed E-state index contributed by atoms with van der Waals surface area (Å²) in [6.07, 6.45) is 3.01. The monoisotopic (exact) mass is 507 g/mol. The Labute approximate surface area is 194 Å². The molecule has 2 aromatic rings. The molecule has 32 heavy (non-hydrogen) atoms. The van der Waals surface area contributed by atoms with E-state index in [4.69, 9.17) is 9.72 Å². The summed E-state index contributed by atoms with van der Waals surface area (Å²) in [5.74, 6) is 0.559. The smallest absolute Gasteiger partial charge is 0.407 e. The van der Waals surface area contributed by atoms with Crippen molar-refractivity contribution in [3.8, 4) is 6.01 Å². The Morgan fingerprint density at radius 3 is 2.53 bits per heavy atom. The van der Waals surface area contributed by atoms with Gasteiger partial charge in [0.1, 0.15) is 11.3 Å². The van der Waals surface area contributed by atoms with E-state index in [0.29, 0.717) is 47.3 Å². The van der Waals surface area contributed by atoms with E-state index in [1.807, 2.05) is 0 Å². The fraction of sp³-hybridized carbons (Fsp3) is 0.591. The Morgan fingerprint density at radius 1 is 1.22 bits per heavy atom. The molecule has 0 spiro atoms. The van der Waals surface area contributed by atoms with Crippen molar-refractivity contribution in [1.82, 2.24) is 19.8 Å². The number of halogens is 2. The number of aromatic nitrogens is 2. The number of amides is 1. The van der Waals surface area contributed by atoms with Crippen LogP contribution >= 0.6 is 15.9 Å². The minimum Gasteiger partial charge on any atom is -0.465 e. The number of hydrogen-bond acceptors (Lipinski definition) is 6. The second-order valence-electron chi connectivity index (χ2n) is 9.25. The van der Waals surface area contributed by atoms with Crippen molar-refractivity contribution < 1.29 is 19.0 Å². The van der Waals surface area contributed by atoms with Gasteiger partial charge < -0.3 is 19.6 Å². The van der Waals surface area contributed by atoms with Crippen molar-refractivity contribution in [2.45, 2.75) is 43.8 Å². The molecule has 172 valence electrons. The SMILES string of the molecule is CN(C)[C@H]1CC[C@H]1COc1nc(N2CC3CCC(C2)N3C(=O)O)c2ccc(Br)c(F)c2n1. The van der Waals surface area contributed by atoms with Crippen LogP contribution in [0.25, 0.3) is 10.9 Å². The Balaban J connectivity index is 1.46. The van der Waals surface area contributed by atoms with Crippen molar-refractivity contribution in [2.24, 2.45) is 5.92 Å². The number of ether oxygens (including phenoxy) is 1. The third kappa shape index (κ3) is 3.67. The lowest BCUT2D eigenvalue weighted by molar-refractivity contribution is 0.0612. The number of rotatable bonds is 5. The van der Waals surface area contributed by atoms with E-state index in [1.54, 1.807) is 17.0 Å². The molecule has 1 amide bonds. The molecule has 1 aromatic heterocycles. The first-order valence-corrected chi connectivity index (χ1v) is 11.8. The van der Waals surface area contributed by atoms with E-state index in [2.05, 4.69) is 44.8 Å². The normalized spacial score (nSPS) is 27.2. The molecule has 3 heterocycles. The van der Waals surface area contributed by atoms with Crippen molar-refractivity contribution in [1.29, 1.82) is 0 Å². The number of nitrogens with zero attached hydrogens (tertiary/aromatic N) is 5. The molecule has 2 bridgehead atoms. The van der Waals surface area contributed by atoms with Gasteiger partial charge in [-0.05, 0) is 67.8 Å². The third-order valence-electron chi connectivity index (χ3n) is 7.19. The third-order valence-corrected chi connectivity index (χ3v) is 7.80. The minimum atomic E-state index is -0.875. The van der Waals surface area contributed by atoms with Gasteiger partial charge in [0.15, 0.2) is 5.82 Å². The average molecular weight is 508 g/mol. The van der Waals surface area contributed by atoms with Gasteiger partial charge in [-0.1, -0.05) is 0 Å². The fourth-order valence-corrected chi connectivity index (χ4v) is 5.72. The second kappa shape index (κ2) is 8.30. The van der Waals surface area contributed by atoms with E-state index in [9.17, 15) is 14.3 Å². The van der Waals surface area contributed by atoms with E-state index in [1.165, 1.54) is 0 Å². The molecule has 10 heteroatoms. The van der Waals surface area contributed by atoms with Crippen LogP contribution in [0.5, 0.6) is 6.01 Å². The van der Waals surface area contributed by atoms with Gasteiger partial charge in [0.2, 0.25) is 0 Å². The standard InChI is InChI=1S/C22H27BrFN5O3/c1-27(2)17-8-3-12(17)11-32-21-25-19-15(6-7-16(23)18(19)24)20(26-21)28-9-13-4-5-14(10-28)29(13)22(30)31/h6-7,12-14,17H,3-5,8-11H2,1-2H3,(H,30,31)/t12-,13?,14?,17-/m0/s1. The molecule has 4 atom stereocenters. The van der Waals surface area contributed by atoms with Gasteiger partial charge in [-0.15, -0.1) is 0 Å². The minimum absolute atomic E-state index is 0.0863. The first-order chi connectivity index (χ1) is 15.3. The van der Waals surface area contributed by atoms with Gasteiger partial charge in [-0.25, -0.2) is 9.18 Å².